The average molecular weight is 278 g/mol. The molecule has 0 bridgehead atoms. The molecule has 2 aromatic rings. The van der Waals surface area contributed by atoms with Gasteiger partial charge in [-0.2, -0.15) is 4.98 Å². The second-order valence-corrected chi connectivity index (χ2v) is 7.35. The summed E-state index contributed by atoms with van der Waals surface area (Å²) < 4.78 is 0. The van der Waals surface area contributed by atoms with Gasteiger partial charge in [-0.25, -0.2) is 4.98 Å². The van der Waals surface area contributed by atoms with Crippen LogP contribution in [0.3, 0.4) is 0 Å². The zero-order valence-electron chi connectivity index (χ0n) is 12.5. The first-order valence-corrected chi connectivity index (χ1v) is 7.29. The molecule has 2 heterocycles. The third-order valence-electron chi connectivity index (χ3n) is 2.79. The first-order chi connectivity index (χ1) is 8.80. The lowest BCUT2D eigenvalue weighted by atomic mass is 9.96. The number of aryl methyl sites for hydroxylation is 1. The van der Waals surface area contributed by atoms with Crippen molar-refractivity contribution in [1.29, 1.82) is 0 Å². The Kier molecular flexibility index (Phi) is 3.67. The van der Waals surface area contributed by atoms with Crippen molar-refractivity contribution in [2.24, 2.45) is 5.41 Å². The number of anilines is 2. The smallest absolute Gasteiger partial charge is 0.225 e. The normalized spacial score (nSPS) is 11.9. The molecule has 0 saturated carbocycles. The van der Waals surface area contributed by atoms with Gasteiger partial charge in [0.1, 0.15) is 10.6 Å². The zero-order chi connectivity index (χ0) is 14.2. The lowest BCUT2D eigenvalue weighted by molar-refractivity contribution is 0.418. The Labute approximate surface area is 118 Å². The Bertz CT molecular complexity index is 583. The van der Waals surface area contributed by atoms with Gasteiger partial charge in [0.15, 0.2) is 0 Å². The fourth-order valence-electron chi connectivity index (χ4n) is 2.22. The molecule has 19 heavy (non-hydrogen) atoms. The molecule has 104 valence electrons. The minimum absolute atomic E-state index is 0.233. The van der Waals surface area contributed by atoms with Crippen molar-refractivity contribution in [3.8, 4) is 0 Å². The highest BCUT2D eigenvalue weighted by molar-refractivity contribution is 7.18. The highest BCUT2D eigenvalue weighted by atomic mass is 32.1. The van der Waals surface area contributed by atoms with E-state index in [0.717, 1.165) is 22.6 Å². The van der Waals surface area contributed by atoms with Crippen LogP contribution in [0.15, 0.2) is 6.07 Å². The molecular formula is C14H22N4S. The van der Waals surface area contributed by atoms with E-state index in [-0.39, 0.29) is 5.41 Å². The fourth-order valence-corrected chi connectivity index (χ4v) is 3.09. The molecule has 0 spiro atoms. The number of aromatic nitrogens is 2. The number of nitrogens with zero attached hydrogens (tertiary/aromatic N) is 3. The van der Waals surface area contributed by atoms with Crippen molar-refractivity contribution >= 4 is 33.3 Å². The summed E-state index contributed by atoms with van der Waals surface area (Å²) in [6.45, 7) is 9.77. The van der Waals surface area contributed by atoms with Crippen molar-refractivity contribution in [2.45, 2.75) is 27.7 Å². The molecule has 0 amide bonds. The second-order valence-electron chi connectivity index (χ2n) is 6.11. The molecule has 0 atom stereocenters. The average Bonchev–Trinajstić information content (AvgIpc) is 2.65. The third-order valence-corrected chi connectivity index (χ3v) is 3.74. The maximum atomic E-state index is 4.63. The van der Waals surface area contributed by atoms with Crippen LogP contribution in [0.25, 0.3) is 10.2 Å². The van der Waals surface area contributed by atoms with E-state index < -0.39 is 0 Å². The molecule has 0 aliphatic carbocycles. The molecule has 2 aromatic heterocycles. The van der Waals surface area contributed by atoms with Gasteiger partial charge in [0, 0.05) is 25.5 Å². The predicted molar refractivity (Wildman–Crippen MR) is 84.4 cm³/mol. The highest BCUT2D eigenvalue weighted by Crippen LogP contribution is 2.32. The molecule has 0 aromatic carbocycles. The van der Waals surface area contributed by atoms with Crippen LogP contribution in [-0.4, -0.2) is 30.6 Å². The SMILES string of the molecule is CNc1nc(N(C)CC(C)(C)C)c2cc(C)sc2n1. The van der Waals surface area contributed by atoms with Crippen LogP contribution in [0.4, 0.5) is 11.8 Å². The number of thiophene rings is 1. The summed E-state index contributed by atoms with van der Waals surface area (Å²) >= 11 is 1.71. The Morgan fingerprint density at radius 3 is 2.58 bits per heavy atom. The topological polar surface area (TPSA) is 41.1 Å². The molecule has 5 heteroatoms. The van der Waals surface area contributed by atoms with E-state index in [4.69, 9.17) is 0 Å². The van der Waals surface area contributed by atoms with E-state index in [9.17, 15) is 0 Å². The van der Waals surface area contributed by atoms with E-state index in [1.807, 2.05) is 7.05 Å². The summed E-state index contributed by atoms with van der Waals surface area (Å²) in [5.41, 5.74) is 0.233. The summed E-state index contributed by atoms with van der Waals surface area (Å²) in [6, 6.07) is 2.17. The van der Waals surface area contributed by atoms with Crippen molar-refractivity contribution in [3.63, 3.8) is 0 Å². The maximum absolute atomic E-state index is 4.63. The molecule has 0 fully saturated rings. The summed E-state index contributed by atoms with van der Waals surface area (Å²) in [5, 5.41) is 4.19. The van der Waals surface area contributed by atoms with Crippen LogP contribution in [-0.2, 0) is 0 Å². The summed E-state index contributed by atoms with van der Waals surface area (Å²) in [7, 11) is 3.95. The Balaban J connectivity index is 2.50. The van der Waals surface area contributed by atoms with Gasteiger partial charge in [-0.3, -0.25) is 0 Å². The third kappa shape index (κ3) is 3.15. The van der Waals surface area contributed by atoms with Gasteiger partial charge < -0.3 is 10.2 Å². The first-order valence-electron chi connectivity index (χ1n) is 6.47. The molecule has 0 unspecified atom stereocenters. The largest absolute Gasteiger partial charge is 0.358 e. The van der Waals surface area contributed by atoms with Crippen molar-refractivity contribution in [2.75, 3.05) is 30.9 Å². The number of hydrogen-bond acceptors (Lipinski definition) is 5. The highest BCUT2D eigenvalue weighted by Gasteiger charge is 2.18. The van der Waals surface area contributed by atoms with E-state index in [0.29, 0.717) is 5.95 Å². The lowest BCUT2D eigenvalue weighted by Crippen LogP contribution is -2.30. The molecule has 0 aliphatic heterocycles. The van der Waals surface area contributed by atoms with E-state index in [1.54, 1.807) is 11.3 Å². The van der Waals surface area contributed by atoms with E-state index in [2.05, 4.69) is 61.0 Å². The fraction of sp³-hybridized carbons (Fsp3) is 0.571. The van der Waals surface area contributed by atoms with Crippen molar-refractivity contribution in [3.05, 3.63) is 10.9 Å². The van der Waals surface area contributed by atoms with Crippen LogP contribution in [0.5, 0.6) is 0 Å². The summed E-state index contributed by atoms with van der Waals surface area (Å²) in [5.74, 6) is 1.69. The minimum atomic E-state index is 0.233. The second kappa shape index (κ2) is 4.96. The Hall–Kier alpha value is -1.36. The zero-order valence-corrected chi connectivity index (χ0v) is 13.4. The van der Waals surface area contributed by atoms with E-state index in [1.165, 1.54) is 4.88 Å². The standard InChI is InChI=1S/C14H22N4S/c1-9-7-10-11(18(6)8-14(2,3)4)16-13(15-5)17-12(10)19-9/h7H,8H2,1-6H3,(H,15,16,17). The van der Waals surface area contributed by atoms with Crippen LogP contribution >= 0.6 is 11.3 Å². The number of rotatable bonds is 3. The number of fused-ring (bicyclic) bond motifs is 1. The van der Waals surface area contributed by atoms with Crippen LogP contribution < -0.4 is 10.2 Å². The molecule has 2 rings (SSSR count). The lowest BCUT2D eigenvalue weighted by Gasteiger charge is -2.28. The van der Waals surface area contributed by atoms with Crippen LogP contribution in [0, 0.1) is 12.3 Å². The van der Waals surface area contributed by atoms with Gasteiger partial charge in [0.05, 0.1) is 5.39 Å². The molecule has 0 saturated heterocycles. The maximum Gasteiger partial charge on any atom is 0.225 e. The number of nitrogens with one attached hydrogen (secondary N) is 1. The molecule has 0 radical (unpaired) electrons. The molecule has 0 aliphatic rings. The van der Waals surface area contributed by atoms with Crippen molar-refractivity contribution in [1.82, 2.24) is 9.97 Å². The summed E-state index contributed by atoms with van der Waals surface area (Å²) in [6.07, 6.45) is 0. The van der Waals surface area contributed by atoms with Gasteiger partial charge in [-0.1, -0.05) is 20.8 Å². The van der Waals surface area contributed by atoms with Crippen LogP contribution in [0.1, 0.15) is 25.6 Å². The molecular weight excluding hydrogens is 256 g/mol. The minimum Gasteiger partial charge on any atom is -0.358 e. The monoisotopic (exact) mass is 278 g/mol. The quantitative estimate of drug-likeness (QED) is 0.932. The molecule has 4 nitrogen and oxygen atoms in total. The van der Waals surface area contributed by atoms with Gasteiger partial charge in [0.25, 0.3) is 0 Å². The Morgan fingerprint density at radius 2 is 2.00 bits per heavy atom. The van der Waals surface area contributed by atoms with Gasteiger partial charge in [-0.05, 0) is 18.4 Å². The predicted octanol–water partition coefficient (Wildman–Crippen LogP) is 3.52. The van der Waals surface area contributed by atoms with Gasteiger partial charge >= 0.3 is 0 Å². The van der Waals surface area contributed by atoms with Gasteiger partial charge in [0.2, 0.25) is 5.95 Å². The van der Waals surface area contributed by atoms with Crippen LogP contribution in [0.2, 0.25) is 0 Å². The summed E-state index contributed by atoms with van der Waals surface area (Å²) in [4.78, 5) is 13.7. The molecule has 1 N–H and O–H groups in total. The van der Waals surface area contributed by atoms with Crippen molar-refractivity contribution < 1.29 is 0 Å². The van der Waals surface area contributed by atoms with Gasteiger partial charge in [-0.15, -0.1) is 11.3 Å². The first kappa shape index (κ1) is 14.1. The van der Waals surface area contributed by atoms with E-state index >= 15 is 0 Å². The number of hydrogen-bond donors (Lipinski definition) is 1. The Morgan fingerprint density at radius 1 is 1.32 bits per heavy atom.